The molecule has 0 spiro atoms. The number of para-hydroxylation sites is 2. The summed E-state index contributed by atoms with van der Waals surface area (Å²) in [6.45, 7) is 8.45. The van der Waals surface area contributed by atoms with Gasteiger partial charge < -0.3 is 14.2 Å². The second kappa shape index (κ2) is 8.96. The molecule has 6 heteroatoms. The molecule has 2 atom stereocenters. The number of rotatable bonds is 3. The SMILES string of the molecule is CC1(C)OB(c2cccc3nc(-c4ccccc4)c4c(c23)SC2c3ccccc3N(c3ccccc3)C42)OC1(C)C. The molecule has 0 amide bonds. The first-order valence-corrected chi connectivity index (χ1v) is 15.2. The van der Waals surface area contributed by atoms with Gasteiger partial charge in [-0.15, -0.1) is 11.8 Å². The third kappa shape index (κ3) is 3.67. The predicted molar refractivity (Wildman–Crippen MR) is 169 cm³/mol. The van der Waals surface area contributed by atoms with Gasteiger partial charge >= 0.3 is 7.12 Å². The maximum absolute atomic E-state index is 6.60. The Hall–Kier alpha value is -3.58. The smallest absolute Gasteiger partial charge is 0.399 e. The minimum atomic E-state index is -0.462. The van der Waals surface area contributed by atoms with Crippen molar-refractivity contribution in [3.8, 4) is 11.3 Å². The summed E-state index contributed by atoms with van der Waals surface area (Å²) >= 11 is 1.97. The molecule has 0 bridgehead atoms. The fourth-order valence-electron chi connectivity index (χ4n) is 6.53. The topological polar surface area (TPSA) is 34.6 Å². The Balaban J connectivity index is 1.41. The van der Waals surface area contributed by atoms with Gasteiger partial charge in [0.15, 0.2) is 0 Å². The van der Waals surface area contributed by atoms with Crippen LogP contribution in [0.5, 0.6) is 0 Å². The highest BCUT2D eigenvalue weighted by atomic mass is 32.2. The number of anilines is 2. The summed E-state index contributed by atoms with van der Waals surface area (Å²) in [6.07, 6.45) is 0. The maximum Gasteiger partial charge on any atom is 0.495 e. The Morgan fingerprint density at radius 1 is 0.756 bits per heavy atom. The summed E-state index contributed by atoms with van der Waals surface area (Å²) in [6, 6.07) is 36.8. The van der Waals surface area contributed by atoms with E-state index in [9.17, 15) is 0 Å². The highest BCUT2D eigenvalue weighted by Crippen LogP contribution is 2.66. The van der Waals surface area contributed by atoms with Gasteiger partial charge in [0, 0.05) is 32.8 Å². The summed E-state index contributed by atoms with van der Waals surface area (Å²) in [7, 11) is -0.462. The van der Waals surface area contributed by atoms with Crippen molar-refractivity contribution in [3.63, 3.8) is 0 Å². The molecular formula is C35H31BN2O2S. The van der Waals surface area contributed by atoms with Crippen molar-refractivity contribution in [2.24, 2.45) is 0 Å². The number of nitrogens with zero attached hydrogens (tertiary/aromatic N) is 2. The molecule has 1 fully saturated rings. The molecule has 41 heavy (non-hydrogen) atoms. The van der Waals surface area contributed by atoms with Crippen LogP contribution in [0.15, 0.2) is 108 Å². The monoisotopic (exact) mass is 554 g/mol. The highest BCUT2D eigenvalue weighted by molar-refractivity contribution is 8.00. The van der Waals surface area contributed by atoms with Crippen molar-refractivity contribution in [2.45, 2.75) is 55.1 Å². The summed E-state index contributed by atoms with van der Waals surface area (Å²) < 4.78 is 13.2. The zero-order valence-electron chi connectivity index (χ0n) is 23.7. The van der Waals surface area contributed by atoms with Gasteiger partial charge in [0.25, 0.3) is 0 Å². The van der Waals surface area contributed by atoms with Crippen LogP contribution in [-0.2, 0) is 9.31 Å². The first-order chi connectivity index (χ1) is 19.8. The zero-order chi connectivity index (χ0) is 27.9. The first-order valence-electron chi connectivity index (χ1n) is 14.3. The number of benzene rings is 4. The van der Waals surface area contributed by atoms with Crippen LogP contribution in [0.25, 0.3) is 22.2 Å². The van der Waals surface area contributed by atoms with Gasteiger partial charge in [-0.25, -0.2) is 4.98 Å². The summed E-state index contributed by atoms with van der Waals surface area (Å²) in [5.74, 6) is 0. The molecule has 0 radical (unpaired) electrons. The number of pyridine rings is 1. The van der Waals surface area contributed by atoms with Gasteiger partial charge in [0.2, 0.25) is 0 Å². The van der Waals surface area contributed by atoms with Gasteiger partial charge in [0.1, 0.15) is 0 Å². The van der Waals surface area contributed by atoms with Crippen LogP contribution in [0.2, 0.25) is 0 Å². The Labute approximate surface area is 245 Å². The molecule has 4 aromatic carbocycles. The van der Waals surface area contributed by atoms with Gasteiger partial charge in [-0.2, -0.15) is 0 Å². The quantitative estimate of drug-likeness (QED) is 0.210. The van der Waals surface area contributed by atoms with E-state index in [-0.39, 0.29) is 11.3 Å². The normalized spacial score (nSPS) is 21.7. The van der Waals surface area contributed by atoms with Crippen molar-refractivity contribution in [1.29, 1.82) is 0 Å². The molecule has 1 saturated heterocycles. The average Bonchev–Trinajstić information content (AvgIpc) is 3.59. The minimum Gasteiger partial charge on any atom is -0.399 e. The Bertz CT molecular complexity index is 1790. The second-order valence-electron chi connectivity index (χ2n) is 12.1. The molecule has 0 N–H and O–H groups in total. The van der Waals surface area contributed by atoms with Crippen LogP contribution in [0, 0.1) is 0 Å². The maximum atomic E-state index is 6.60. The van der Waals surface area contributed by atoms with Crippen molar-refractivity contribution in [1.82, 2.24) is 4.98 Å². The number of hydrogen-bond acceptors (Lipinski definition) is 5. The van der Waals surface area contributed by atoms with Gasteiger partial charge in [-0.1, -0.05) is 78.9 Å². The average molecular weight is 555 g/mol. The molecule has 0 aliphatic carbocycles. The fraction of sp³-hybridized carbons (Fsp3) is 0.229. The van der Waals surface area contributed by atoms with Gasteiger partial charge in [-0.3, -0.25) is 0 Å². The molecule has 4 heterocycles. The zero-order valence-corrected chi connectivity index (χ0v) is 24.5. The highest BCUT2D eigenvalue weighted by Gasteiger charge is 2.53. The van der Waals surface area contributed by atoms with Crippen LogP contribution in [0.1, 0.15) is 50.1 Å². The lowest BCUT2D eigenvalue weighted by molar-refractivity contribution is 0.00578. The largest absolute Gasteiger partial charge is 0.495 e. The van der Waals surface area contributed by atoms with Gasteiger partial charge in [-0.05, 0) is 63.0 Å². The fourth-order valence-corrected chi connectivity index (χ4v) is 8.18. The molecule has 202 valence electrons. The van der Waals surface area contributed by atoms with E-state index in [0.717, 1.165) is 27.6 Å². The lowest BCUT2D eigenvalue weighted by Crippen LogP contribution is -2.41. The van der Waals surface area contributed by atoms with Crippen molar-refractivity contribution in [3.05, 3.63) is 114 Å². The first kappa shape index (κ1) is 25.2. The van der Waals surface area contributed by atoms with E-state index in [1.54, 1.807) is 0 Å². The molecule has 0 saturated carbocycles. The third-order valence-corrected chi connectivity index (χ3v) is 10.7. The van der Waals surface area contributed by atoms with E-state index < -0.39 is 18.3 Å². The molecule has 3 aliphatic heterocycles. The molecule has 5 aromatic rings. The Morgan fingerprint density at radius 2 is 1.41 bits per heavy atom. The lowest BCUT2D eigenvalue weighted by Gasteiger charge is -2.32. The molecule has 3 aliphatic rings. The van der Waals surface area contributed by atoms with Crippen LogP contribution < -0.4 is 10.4 Å². The van der Waals surface area contributed by atoms with E-state index in [2.05, 4.69) is 136 Å². The lowest BCUT2D eigenvalue weighted by atomic mass is 9.76. The van der Waals surface area contributed by atoms with Crippen molar-refractivity contribution in [2.75, 3.05) is 4.90 Å². The molecule has 2 unspecified atom stereocenters. The number of hydrogen-bond donors (Lipinski definition) is 0. The van der Waals surface area contributed by atoms with Crippen molar-refractivity contribution < 1.29 is 9.31 Å². The van der Waals surface area contributed by atoms with Crippen LogP contribution in [0.3, 0.4) is 0 Å². The van der Waals surface area contributed by atoms with Crippen LogP contribution in [0.4, 0.5) is 11.4 Å². The number of fused-ring (bicyclic) bond motifs is 7. The third-order valence-electron chi connectivity index (χ3n) is 9.23. The molecule has 8 rings (SSSR count). The summed E-state index contributed by atoms with van der Waals surface area (Å²) in [5, 5.41) is 1.38. The Kier molecular flexibility index (Phi) is 5.50. The second-order valence-corrected chi connectivity index (χ2v) is 13.3. The van der Waals surface area contributed by atoms with Crippen molar-refractivity contribution >= 4 is 46.6 Å². The van der Waals surface area contributed by atoms with E-state index in [4.69, 9.17) is 14.3 Å². The van der Waals surface area contributed by atoms with Crippen LogP contribution in [-0.4, -0.2) is 23.3 Å². The summed E-state index contributed by atoms with van der Waals surface area (Å²) in [4.78, 5) is 9.23. The summed E-state index contributed by atoms with van der Waals surface area (Å²) in [5.41, 5.74) is 8.47. The Morgan fingerprint density at radius 3 is 2.15 bits per heavy atom. The van der Waals surface area contributed by atoms with E-state index in [0.29, 0.717) is 0 Å². The molecule has 1 aromatic heterocycles. The predicted octanol–water partition coefficient (Wildman–Crippen LogP) is 8.24. The molecule has 4 nitrogen and oxygen atoms in total. The molecular weight excluding hydrogens is 523 g/mol. The van der Waals surface area contributed by atoms with E-state index in [1.165, 1.54) is 27.4 Å². The minimum absolute atomic E-state index is 0.105. The van der Waals surface area contributed by atoms with Crippen LogP contribution >= 0.6 is 11.8 Å². The number of aromatic nitrogens is 1. The standard InChI is InChI=1S/C35H31BN2O2S/c1-34(2)35(3,4)40-36(39-34)25-19-13-20-26-28(25)33-29(30(37-26)22-14-7-5-8-15-22)31-32(41-33)24-18-11-12-21-27(24)38(31)23-16-9-6-10-17-23/h5-21,31-32H,1-4H3. The van der Waals surface area contributed by atoms with Gasteiger partial charge in [0.05, 0.1) is 33.7 Å². The van der Waals surface area contributed by atoms with E-state index in [1.807, 2.05) is 11.8 Å². The van der Waals surface area contributed by atoms with E-state index >= 15 is 0 Å². The number of thioether (sulfide) groups is 1.